The van der Waals surface area contributed by atoms with Crippen LogP contribution in [-0.4, -0.2) is 19.1 Å². The van der Waals surface area contributed by atoms with E-state index in [1.165, 1.54) is 65.9 Å². The Bertz CT molecular complexity index is 3420. The average Bonchev–Trinajstić information content (AvgIpc) is 3.80. The summed E-state index contributed by atoms with van der Waals surface area (Å²) >= 11 is 0. The van der Waals surface area contributed by atoms with Gasteiger partial charge in [0.05, 0.1) is 33.5 Å². The Labute approximate surface area is 349 Å². The van der Waals surface area contributed by atoms with Crippen molar-refractivity contribution in [1.82, 2.24) is 19.1 Å². The second kappa shape index (κ2) is 14.1. The van der Waals surface area contributed by atoms with E-state index >= 15 is 0 Å². The first-order valence-corrected chi connectivity index (χ1v) is 20.7. The fraction of sp³-hybridized carbons (Fsp3) is 0.0714. The number of benzene rings is 7. The first-order valence-electron chi connectivity index (χ1n) is 20.7. The Balaban J connectivity index is 0.920. The third-order valence-corrected chi connectivity index (χ3v) is 12.3. The highest BCUT2D eigenvalue weighted by molar-refractivity contribution is 6.11. The van der Waals surface area contributed by atoms with Gasteiger partial charge in [-0.3, -0.25) is 9.97 Å². The van der Waals surface area contributed by atoms with Crippen molar-refractivity contribution in [3.05, 3.63) is 205 Å². The van der Waals surface area contributed by atoms with E-state index in [2.05, 4.69) is 219 Å². The lowest BCUT2D eigenvalue weighted by Crippen LogP contribution is -1.99. The molecule has 4 heteroatoms. The third-order valence-electron chi connectivity index (χ3n) is 12.3. The van der Waals surface area contributed by atoms with E-state index in [1.807, 2.05) is 0 Å². The highest BCUT2D eigenvalue weighted by Crippen LogP contribution is 2.38. The molecule has 4 aromatic heterocycles. The number of hydrogen-bond donors (Lipinski definition) is 0. The van der Waals surface area contributed by atoms with Crippen molar-refractivity contribution in [3.8, 4) is 56.1 Å². The predicted octanol–water partition coefficient (Wildman–Crippen LogP) is 14.6. The van der Waals surface area contributed by atoms with Gasteiger partial charge in [0.1, 0.15) is 0 Å². The molecule has 0 aliphatic rings. The van der Waals surface area contributed by atoms with Crippen molar-refractivity contribution in [2.24, 2.45) is 0 Å². The fourth-order valence-corrected chi connectivity index (χ4v) is 9.35. The van der Waals surface area contributed by atoms with Crippen LogP contribution in [0.2, 0.25) is 0 Å². The smallest absolute Gasteiger partial charge is 0.0709 e. The molecule has 11 aromatic rings. The minimum atomic E-state index is 0.962. The number of pyridine rings is 2. The fourth-order valence-electron chi connectivity index (χ4n) is 9.35. The van der Waals surface area contributed by atoms with Gasteiger partial charge in [-0.05, 0) is 117 Å². The molecule has 0 amide bonds. The topological polar surface area (TPSA) is 35.6 Å². The number of para-hydroxylation sites is 3. The highest BCUT2D eigenvalue weighted by Gasteiger charge is 2.18. The molecule has 4 heterocycles. The van der Waals surface area contributed by atoms with Gasteiger partial charge < -0.3 is 9.13 Å². The summed E-state index contributed by atoms with van der Waals surface area (Å²) in [4.78, 5) is 10.4. The van der Waals surface area contributed by atoms with Gasteiger partial charge in [0.25, 0.3) is 0 Å². The summed E-state index contributed by atoms with van der Waals surface area (Å²) in [5.74, 6) is 0. The molecule has 0 aliphatic heterocycles. The van der Waals surface area contributed by atoms with Crippen molar-refractivity contribution in [3.63, 3.8) is 0 Å². The van der Waals surface area contributed by atoms with Crippen LogP contribution in [0.4, 0.5) is 0 Å². The molecular formula is C56H42N4. The molecule has 0 N–H and O–H groups in total. The lowest BCUT2D eigenvalue weighted by Gasteiger charge is -2.15. The van der Waals surface area contributed by atoms with Crippen LogP contribution < -0.4 is 0 Å². The molecule has 0 saturated carbocycles. The Morgan fingerprint density at radius 2 is 0.800 bits per heavy atom. The SMILES string of the molecule is Cc1cc(-n2c3ccccc3c3ccccc32)ccc1-c1ccc(-c2ccc(-c3cc(-n4c5ccccc5c5cc(-c6ccccc6)ccc54)ccc3C)nc2C)c(C)n1. The van der Waals surface area contributed by atoms with Crippen molar-refractivity contribution >= 4 is 43.6 Å². The van der Waals surface area contributed by atoms with Gasteiger partial charge >= 0.3 is 0 Å². The second-order valence-corrected chi connectivity index (χ2v) is 16.0. The first kappa shape index (κ1) is 35.6. The van der Waals surface area contributed by atoms with Crippen LogP contribution in [0, 0.1) is 27.7 Å². The van der Waals surface area contributed by atoms with Gasteiger partial charge in [-0.2, -0.15) is 0 Å². The molecule has 0 unspecified atom stereocenters. The number of rotatable bonds is 6. The Morgan fingerprint density at radius 3 is 1.38 bits per heavy atom. The molecule has 0 atom stereocenters. The van der Waals surface area contributed by atoms with Crippen LogP contribution >= 0.6 is 0 Å². The van der Waals surface area contributed by atoms with E-state index in [9.17, 15) is 0 Å². The van der Waals surface area contributed by atoms with Gasteiger partial charge in [-0.15, -0.1) is 0 Å². The number of nitrogens with zero attached hydrogens (tertiary/aromatic N) is 4. The van der Waals surface area contributed by atoms with E-state index in [1.54, 1.807) is 0 Å². The van der Waals surface area contributed by atoms with Crippen molar-refractivity contribution in [2.75, 3.05) is 0 Å². The molecule has 0 radical (unpaired) electrons. The zero-order chi connectivity index (χ0) is 40.5. The summed E-state index contributed by atoms with van der Waals surface area (Å²) in [5, 5.41) is 5.02. The Kier molecular flexibility index (Phi) is 8.35. The summed E-state index contributed by atoms with van der Waals surface area (Å²) in [6.45, 7) is 8.58. The monoisotopic (exact) mass is 770 g/mol. The number of fused-ring (bicyclic) bond motifs is 6. The molecule has 11 rings (SSSR count). The standard InChI is InChI=1S/C56H42N4/c1-35-22-24-42(60-55-21-13-10-18-48(55)50-33-40(23-31-56(50)60)39-14-6-5-7-15-39)34-49(35)52-30-28-45(38(4)58-52)44-27-29-51(57-37(44)3)43-26-25-41(32-36(43)2)59-53-19-11-8-16-46(53)47-17-9-12-20-54(47)59/h5-34H,1-4H3. The third kappa shape index (κ3) is 5.75. The molecule has 4 nitrogen and oxygen atoms in total. The minimum absolute atomic E-state index is 0.962. The molecule has 0 aliphatic carbocycles. The zero-order valence-electron chi connectivity index (χ0n) is 34.1. The number of aryl methyl sites for hydroxylation is 4. The maximum Gasteiger partial charge on any atom is 0.0709 e. The van der Waals surface area contributed by atoms with Crippen LogP contribution in [-0.2, 0) is 0 Å². The molecule has 0 bridgehead atoms. The van der Waals surface area contributed by atoms with Crippen LogP contribution in [0.1, 0.15) is 22.5 Å². The van der Waals surface area contributed by atoms with Gasteiger partial charge in [0.2, 0.25) is 0 Å². The van der Waals surface area contributed by atoms with Gasteiger partial charge in [-0.25, -0.2) is 0 Å². The number of hydrogen-bond acceptors (Lipinski definition) is 2. The molecule has 7 aromatic carbocycles. The first-order chi connectivity index (χ1) is 29.4. The zero-order valence-corrected chi connectivity index (χ0v) is 34.1. The van der Waals surface area contributed by atoms with E-state index in [-0.39, 0.29) is 0 Å². The molecule has 60 heavy (non-hydrogen) atoms. The summed E-state index contributed by atoms with van der Waals surface area (Å²) in [6, 6.07) is 65.7. The van der Waals surface area contributed by atoms with E-state index in [0.717, 1.165) is 56.4 Å². The van der Waals surface area contributed by atoms with Gasteiger partial charge in [-0.1, -0.05) is 115 Å². The largest absolute Gasteiger partial charge is 0.309 e. The minimum Gasteiger partial charge on any atom is -0.309 e. The summed E-state index contributed by atoms with van der Waals surface area (Å²) < 4.78 is 4.76. The van der Waals surface area contributed by atoms with Crippen LogP contribution in [0.25, 0.3) is 99.8 Å². The Morgan fingerprint density at radius 1 is 0.317 bits per heavy atom. The average molecular weight is 771 g/mol. The summed E-state index contributed by atoms with van der Waals surface area (Å²) in [6.07, 6.45) is 0. The molecule has 286 valence electrons. The van der Waals surface area contributed by atoms with E-state index in [0.29, 0.717) is 0 Å². The van der Waals surface area contributed by atoms with E-state index < -0.39 is 0 Å². The van der Waals surface area contributed by atoms with Crippen LogP contribution in [0.15, 0.2) is 182 Å². The molecule has 0 spiro atoms. The predicted molar refractivity (Wildman–Crippen MR) is 251 cm³/mol. The van der Waals surface area contributed by atoms with Crippen LogP contribution in [0.5, 0.6) is 0 Å². The highest BCUT2D eigenvalue weighted by atomic mass is 15.0. The van der Waals surface area contributed by atoms with Crippen molar-refractivity contribution < 1.29 is 0 Å². The van der Waals surface area contributed by atoms with E-state index in [4.69, 9.17) is 9.97 Å². The summed E-state index contributed by atoms with van der Waals surface area (Å²) in [7, 11) is 0. The molecular weight excluding hydrogens is 729 g/mol. The quantitative estimate of drug-likeness (QED) is 0.169. The van der Waals surface area contributed by atoms with Gasteiger partial charge in [0.15, 0.2) is 0 Å². The van der Waals surface area contributed by atoms with Crippen LogP contribution in [0.3, 0.4) is 0 Å². The second-order valence-electron chi connectivity index (χ2n) is 16.0. The van der Waals surface area contributed by atoms with Crippen molar-refractivity contribution in [2.45, 2.75) is 27.7 Å². The van der Waals surface area contributed by atoms with Crippen molar-refractivity contribution in [1.29, 1.82) is 0 Å². The maximum atomic E-state index is 5.25. The van der Waals surface area contributed by atoms with Gasteiger partial charge in [0, 0.05) is 66.6 Å². The maximum absolute atomic E-state index is 5.25. The normalized spacial score (nSPS) is 11.7. The summed E-state index contributed by atoms with van der Waals surface area (Å²) in [5.41, 5.74) is 20.2. The Hall–Kier alpha value is -7.56. The number of aromatic nitrogens is 4. The molecule has 0 saturated heterocycles. The lowest BCUT2D eigenvalue weighted by atomic mass is 9.98. The molecule has 0 fully saturated rings. The lowest BCUT2D eigenvalue weighted by molar-refractivity contribution is 1.15.